The Kier molecular flexibility index (Phi) is 4.08. The zero-order valence-corrected chi connectivity index (χ0v) is 15.2. The fourth-order valence-electron chi connectivity index (χ4n) is 2.69. The third-order valence-electron chi connectivity index (χ3n) is 4.13. The first-order chi connectivity index (χ1) is 13.4. The molecular formula is C19H16N8O. The van der Waals surface area contributed by atoms with Crippen LogP contribution in [0.3, 0.4) is 0 Å². The number of amides is 1. The molecule has 0 atom stereocenters. The van der Waals surface area contributed by atoms with Crippen LogP contribution in [0.25, 0.3) is 33.7 Å². The number of carbonyl (C=O) groups is 1. The van der Waals surface area contributed by atoms with Gasteiger partial charge in [0.25, 0.3) is 5.91 Å². The van der Waals surface area contributed by atoms with Gasteiger partial charge in [-0.05, 0) is 26.0 Å². The minimum atomic E-state index is -0.997. The molecule has 0 unspecified atom stereocenters. The van der Waals surface area contributed by atoms with Crippen LogP contribution in [-0.4, -0.2) is 41.3 Å². The average molecular weight is 372 g/mol. The Morgan fingerprint density at radius 1 is 1.14 bits per heavy atom. The first kappa shape index (κ1) is 17.4. The molecule has 1 amide bonds. The maximum absolute atomic E-state index is 12.4. The molecule has 9 nitrogen and oxygen atoms in total. The molecule has 4 rings (SSSR count). The third-order valence-corrected chi connectivity index (χ3v) is 4.13. The lowest BCUT2D eigenvalue weighted by molar-refractivity contribution is 0.0924. The van der Waals surface area contributed by atoms with E-state index in [1.807, 2.05) is 18.2 Å². The molecule has 0 aliphatic rings. The number of aromatic amines is 2. The van der Waals surface area contributed by atoms with Gasteiger partial charge in [0.05, 0.1) is 48.1 Å². The Balaban J connectivity index is 1.66. The summed E-state index contributed by atoms with van der Waals surface area (Å²) in [5.41, 5.74) is 2.83. The molecule has 0 fully saturated rings. The summed E-state index contributed by atoms with van der Waals surface area (Å²) < 4.78 is 0. The van der Waals surface area contributed by atoms with Crippen molar-refractivity contribution in [1.29, 1.82) is 5.26 Å². The molecule has 138 valence electrons. The van der Waals surface area contributed by atoms with Gasteiger partial charge >= 0.3 is 0 Å². The van der Waals surface area contributed by atoms with E-state index in [1.165, 1.54) is 6.20 Å². The molecule has 0 radical (unpaired) electrons. The highest BCUT2D eigenvalue weighted by molar-refractivity contribution is 5.93. The van der Waals surface area contributed by atoms with Crippen LogP contribution in [0.2, 0.25) is 0 Å². The van der Waals surface area contributed by atoms with E-state index >= 15 is 0 Å². The zero-order chi connectivity index (χ0) is 19.7. The molecular weight excluding hydrogens is 356 g/mol. The molecule has 0 saturated heterocycles. The van der Waals surface area contributed by atoms with Crippen molar-refractivity contribution >= 4 is 16.9 Å². The average Bonchev–Trinajstić information content (AvgIpc) is 3.36. The lowest BCUT2D eigenvalue weighted by Crippen LogP contribution is -2.42. The third kappa shape index (κ3) is 3.31. The molecule has 4 aromatic heterocycles. The summed E-state index contributed by atoms with van der Waals surface area (Å²) in [5, 5.41) is 12.6. The van der Waals surface area contributed by atoms with E-state index in [0.29, 0.717) is 5.69 Å². The maximum Gasteiger partial charge on any atom is 0.272 e. The van der Waals surface area contributed by atoms with Gasteiger partial charge in [0.2, 0.25) is 0 Å². The molecule has 0 bridgehead atoms. The van der Waals surface area contributed by atoms with Gasteiger partial charge in [0.15, 0.2) is 0 Å². The topological polar surface area (TPSA) is 136 Å². The Hall–Kier alpha value is -4.06. The number of pyridine rings is 1. The van der Waals surface area contributed by atoms with Gasteiger partial charge in [-0.3, -0.25) is 9.78 Å². The highest BCUT2D eigenvalue weighted by atomic mass is 16.2. The second-order valence-electron chi connectivity index (χ2n) is 6.79. The van der Waals surface area contributed by atoms with Gasteiger partial charge in [-0.25, -0.2) is 15.0 Å². The van der Waals surface area contributed by atoms with E-state index in [1.54, 1.807) is 38.8 Å². The van der Waals surface area contributed by atoms with Gasteiger partial charge in [0, 0.05) is 17.1 Å². The lowest BCUT2D eigenvalue weighted by Gasteiger charge is -2.16. The molecule has 3 N–H and O–H groups in total. The Bertz CT molecular complexity index is 1200. The summed E-state index contributed by atoms with van der Waals surface area (Å²) >= 11 is 0. The summed E-state index contributed by atoms with van der Waals surface area (Å²) in [6.07, 6.45) is 7.93. The van der Waals surface area contributed by atoms with Crippen molar-refractivity contribution in [1.82, 2.24) is 35.2 Å². The van der Waals surface area contributed by atoms with E-state index < -0.39 is 11.4 Å². The fourth-order valence-corrected chi connectivity index (χ4v) is 2.69. The first-order valence-corrected chi connectivity index (χ1v) is 8.49. The predicted octanol–water partition coefficient (Wildman–Crippen LogP) is 2.44. The van der Waals surface area contributed by atoms with Crippen LogP contribution in [0.1, 0.15) is 24.3 Å². The molecule has 4 heterocycles. The number of nitrogens with one attached hydrogen (secondary N) is 3. The molecule has 0 spiro atoms. The zero-order valence-electron chi connectivity index (χ0n) is 15.2. The van der Waals surface area contributed by atoms with E-state index in [0.717, 1.165) is 28.0 Å². The van der Waals surface area contributed by atoms with Crippen molar-refractivity contribution in [3.05, 3.63) is 48.9 Å². The Labute approximate surface area is 159 Å². The number of aromatic nitrogens is 6. The second-order valence-corrected chi connectivity index (χ2v) is 6.79. The molecule has 0 aromatic carbocycles. The Morgan fingerprint density at radius 2 is 2.00 bits per heavy atom. The van der Waals surface area contributed by atoms with Crippen LogP contribution in [0.5, 0.6) is 0 Å². The molecule has 4 aromatic rings. The highest BCUT2D eigenvalue weighted by Crippen LogP contribution is 2.25. The molecule has 28 heavy (non-hydrogen) atoms. The predicted molar refractivity (Wildman–Crippen MR) is 102 cm³/mol. The number of fused-ring (bicyclic) bond motifs is 1. The second kappa shape index (κ2) is 6.59. The number of hydrogen-bond acceptors (Lipinski definition) is 6. The van der Waals surface area contributed by atoms with Crippen LogP contribution in [0.4, 0.5) is 0 Å². The lowest BCUT2D eigenvalue weighted by atomic mass is 10.1. The maximum atomic E-state index is 12.4. The summed E-state index contributed by atoms with van der Waals surface area (Å²) in [6.45, 7) is 3.23. The summed E-state index contributed by atoms with van der Waals surface area (Å²) in [6, 6.07) is 5.90. The van der Waals surface area contributed by atoms with Crippen molar-refractivity contribution in [3.63, 3.8) is 0 Å². The van der Waals surface area contributed by atoms with Crippen LogP contribution < -0.4 is 5.32 Å². The number of hydrogen-bond donors (Lipinski definition) is 3. The van der Waals surface area contributed by atoms with Crippen LogP contribution in [0, 0.1) is 11.3 Å². The normalized spacial score (nSPS) is 11.3. The standard InChI is InChI=1S/C19H16N8O/c1-19(2,9-20)27-18(28)16-8-21-6-14(25-16)12-3-11-4-13(15-7-22-10-24-15)26-17(11)23-5-12/h3-8,10H,1-2H3,(H,22,24)(H,23,26)(H,27,28). The van der Waals surface area contributed by atoms with Gasteiger partial charge < -0.3 is 15.3 Å². The van der Waals surface area contributed by atoms with Crippen molar-refractivity contribution in [2.75, 3.05) is 0 Å². The highest BCUT2D eigenvalue weighted by Gasteiger charge is 2.21. The summed E-state index contributed by atoms with van der Waals surface area (Å²) in [4.78, 5) is 35.6. The summed E-state index contributed by atoms with van der Waals surface area (Å²) in [7, 11) is 0. The fraction of sp³-hybridized carbons (Fsp3) is 0.158. The minimum absolute atomic E-state index is 0.133. The number of H-pyrrole nitrogens is 2. The van der Waals surface area contributed by atoms with E-state index in [9.17, 15) is 4.79 Å². The van der Waals surface area contributed by atoms with Gasteiger partial charge in [0.1, 0.15) is 16.9 Å². The van der Waals surface area contributed by atoms with Crippen LogP contribution in [0.15, 0.2) is 43.2 Å². The SMILES string of the molecule is CC(C)(C#N)NC(=O)c1cncc(-c2cnc3[nH]c(-c4cnc[nH]4)cc3c2)n1. The Morgan fingerprint density at radius 3 is 2.75 bits per heavy atom. The largest absolute Gasteiger partial charge is 0.343 e. The van der Waals surface area contributed by atoms with Crippen LogP contribution >= 0.6 is 0 Å². The first-order valence-electron chi connectivity index (χ1n) is 8.49. The monoisotopic (exact) mass is 372 g/mol. The number of carbonyl (C=O) groups excluding carboxylic acids is 1. The van der Waals surface area contributed by atoms with Gasteiger partial charge in [-0.2, -0.15) is 5.26 Å². The summed E-state index contributed by atoms with van der Waals surface area (Å²) in [5.74, 6) is -0.460. The molecule has 9 heteroatoms. The number of nitriles is 1. The number of rotatable bonds is 4. The van der Waals surface area contributed by atoms with E-state index in [-0.39, 0.29) is 5.69 Å². The van der Waals surface area contributed by atoms with Gasteiger partial charge in [-0.15, -0.1) is 0 Å². The number of nitrogens with zero attached hydrogens (tertiary/aromatic N) is 5. The van der Waals surface area contributed by atoms with Crippen molar-refractivity contribution < 1.29 is 4.79 Å². The van der Waals surface area contributed by atoms with Crippen molar-refractivity contribution in [2.24, 2.45) is 0 Å². The molecule has 0 aliphatic heterocycles. The van der Waals surface area contributed by atoms with Crippen molar-refractivity contribution in [3.8, 4) is 28.7 Å². The quantitative estimate of drug-likeness (QED) is 0.503. The van der Waals surface area contributed by atoms with Crippen LogP contribution in [-0.2, 0) is 0 Å². The van der Waals surface area contributed by atoms with E-state index in [4.69, 9.17) is 5.26 Å². The van der Waals surface area contributed by atoms with E-state index in [2.05, 4.69) is 35.2 Å². The van der Waals surface area contributed by atoms with Gasteiger partial charge in [-0.1, -0.05) is 0 Å². The molecule has 0 aliphatic carbocycles. The van der Waals surface area contributed by atoms with Crippen molar-refractivity contribution in [2.45, 2.75) is 19.4 Å². The smallest absolute Gasteiger partial charge is 0.272 e. The molecule has 0 saturated carbocycles. The number of imidazole rings is 1. The minimum Gasteiger partial charge on any atom is -0.343 e.